The van der Waals surface area contributed by atoms with Crippen molar-refractivity contribution in [2.24, 2.45) is 11.8 Å². The molecule has 0 amide bonds. The second-order valence-corrected chi connectivity index (χ2v) is 9.62. The average molecular weight is 227 g/mol. The van der Waals surface area contributed by atoms with Crippen LogP contribution in [-0.4, -0.2) is 33.2 Å². The first-order valence-electron chi connectivity index (χ1n) is 6.43. The molecule has 2 unspecified atom stereocenters. The lowest BCUT2D eigenvalue weighted by Gasteiger charge is -2.46. The molecule has 0 aromatic heterocycles. The van der Waals surface area contributed by atoms with Gasteiger partial charge in [-0.2, -0.15) is 0 Å². The molecule has 2 fully saturated rings. The molecule has 1 aliphatic carbocycles. The Morgan fingerprint density at radius 1 is 1.07 bits per heavy atom. The normalized spacial score (nSPS) is 33.8. The first-order chi connectivity index (χ1) is 7.13. The van der Waals surface area contributed by atoms with Crippen LogP contribution in [0.4, 0.5) is 0 Å². The van der Waals surface area contributed by atoms with E-state index < -0.39 is 8.48 Å². The summed E-state index contributed by atoms with van der Waals surface area (Å²) in [6, 6.07) is 0. The minimum Gasteiger partial charge on any atom is -0.406 e. The largest absolute Gasteiger partial charge is 0.406 e. The van der Waals surface area contributed by atoms with E-state index in [2.05, 4.69) is 17.7 Å². The van der Waals surface area contributed by atoms with Crippen LogP contribution < -0.4 is 0 Å². The molecule has 2 nitrogen and oxygen atoms in total. The first-order valence-corrected chi connectivity index (χ1v) is 9.29. The van der Waals surface area contributed by atoms with Crippen LogP contribution in [0.2, 0.25) is 13.1 Å². The third kappa shape index (κ3) is 2.45. The molecule has 0 aromatic carbocycles. The van der Waals surface area contributed by atoms with Crippen molar-refractivity contribution in [1.82, 2.24) is 4.57 Å². The van der Waals surface area contributed by atoms with E-state index in [4.69, 9.17) is 4.43 Å². The molecule has 3 heteroatoms. The Bertz CT molecular complexity index is 220. The van der Waals surface area contributed by atoms with Crippen molar-refractivity contribution in [3.63, 3.8) is 0 Å². The highest BCUT2D eigenvalue weighted by molar-refractivity contribution is 6.68. The standard InChI is InChI=1S/C12H25NOSi/c1-14-15(2,3)13-9-8-11-6-4-5-7-12(11)10-13/h11-12H,4-10H2,1-3H3. The summed E-state index contributed by atoms with van der Waals surface area (Å²) in [6.45, 7) is 7.26. The Morgan fingerprint density at radius 2 is 1.73 bits per heavy atom. The predicted molar refractivity (Wildman–Crippen MR) is 66.1 cm³/mol. The Balaban J connectivity index is 1.96. The summed E-state index contributed by atoms with van der Waals surface area (Å²) < 4.78 is 8.39. The molecule has 1 heterocycles. The van der Waals surface area contributed by atoms with Crippen molar-refractivity contribution in [2.45, 2.75) is 45.2 Å². The van der Waals surface area contributed by atoms with E-state index in [-0.39, 0.29) is 0 Å². The van der Waals surface area contributed by atoms with Gasteiger partial charge in [-0.15, -0.1) is 0 Å². The van der Waals surface area contributed by atoms with Gasteiger partial charge in [-0.05, 0) is 50.9 Å². The smallest absolute Gasteiger partial charge is 0.264 e. The molecule has 2 atom stereocenters. The van der Waals surface area contributed by atoms with Crippen LogP contribution in [-0.2, 0) is 4.43 Å². The molecule has 1 saturated carbocycles. The van der Waals surface area contributed by atoms with Gasteiger partial charge in [0.1, 0.15) is 0 Å². The third-order valence-corrected chi connectivity index (χ3v) is 7.48. The summed E-state index contributed by atoms with van der Waals surface area (Å²) in [5.74, 6) is 2.02. The highest BCUT2D eigenvalue weighted by atomic mass is 28.4. The Hall–Kier alpha value is 0.137. The summed E-state index contributed by atoms with van der Waals surface area (Å²) in [5.41, 5.74) is 0. The second-order valence-electron chi connectivity index (χ2n) is 5.69. The van der Waals surface area contributed by atoms with Crippen LogP contribution >= 0.6 is 0 Å². The van der Waals surface area contributed by atoms with Crippen molar-refractivity contribution < 1.29 is 4.43 Å². The Labute approximate surface area is 95.2 Å². The number of piperidine rings is 1. The zero-order valence-electron chi connectivity index (χ0n) is 10.5. The fourth-order valence-corrected chi connectivity index (χ4v) is 4.82. The van der Waals surface area contributed by atoms with Crippen LogP contribution in [0.5, 0.6) is 0 Å². The van der Waals surface area contributed by atoms with Gasteiger partial charge < -0.3 is 8.99 Å². The lowest BCUT2D eigenvalue weighted by Crippen LogP contribution is -2.56. The molecule has 2 aliphatic rings. The maximum atomic E-state index is 5.72. The van der Waals surface area contributed by atoms with Crippen LogP contribution in [0.15, 0.2) is 0 Å². The van der Waals surface area contributed by atoms with E-state index in [1.807, 2.05) is 7.11 Å². The topological polar surface area (TPSA) is 12.5 Å². The summed E-state index contributed by atoms with van der Waals surface area (Å²) in [6.07, 6.45) is 7.32. The minimum absolute atomic E-state index is 0.981. The van der Waals surface area contributed by atoms with E-state index in [1.165, 1.54) is 45.2 Å². The Morgan fingerprint density at radius 3 is 2.40 bits per heavy atom. The molecule has 2 rings (SSSR count). The quantitative estimate of drug-likeness (QED) is 0.673. The number of fused-ring (bicyclic) bond motifs is 1. The van der Waals surface area contributed by atoms with E-state index in [9.17, 15) is 0 Å². The number of rotatable bonds is 2. The van der Waals surface area contributed by atoms with Crippen molar-refractivity contribution in [3.8, 4) is 0 Å². The molecular formula is C12H25NOSi. The monoisotopic (exact) mass is 227 g/mol. The highest BCUT2D eigenvalue weighted by Gasteiger charge is 2.38. The lowest BCUT2D eigenvalue weighted by atomic mass is 9.76. The van der Waals surface area contributed by atoms with Crippen LogP contribution in [0.25, 0.3) is 0 Å². The summed E-state index contributed by atoms with van der Waals surface area (Å²) >= 11 is 0. The van der Waals surface area contributed by atoms with Gasteiger partial charge >= 0.3 is 0 Å². The number of hydrogen-bond acceptors (Lipinski definition) is 2. The fraction of sp³-hybridized carbons (Fsp3) is 1.00. The molecule has 1 saturated heterocycles. The van der Waals surface area contributed by atoms with Gasteiger partial charge in [-0.3, -0.25) is 0 Å². The molecule has 88 valence electrons. The average Bonchev–Trinajstić information content (AvgIpc) is 2.28. The second kappa shape index (κ2) is 4.56. The zero-order valence-corrected chi connectivity index (χ0v) is 11.5. The van der Waals surface area contributed by atoms with Gasteiger partial charge in [0.15, 0.2) is 0 Å². The van der Waals surface area contributed by atoms with E-state index in [0.717, 1.165) is 11.8 Å². The van der Waals surface area contributed by atoms with Crippen molar-refractivity contribution in [2.75, 3.05) is 20.2 Å². The third-order valence-electron chi connectivity index (χ3n) is 4.55. The first kappa shape index (κ1) is 11.6. The summed E-state index contributed by atoms with van der Waals surface area (Å²) in [7, 11) is 0.369. The maximum absolute atomic E-state index is 5.72. The van der Waals surface area contributed by atoms with Crippen molar-refractivity contribution in [3.05, 3.63) is 0 Å². The highest BCUT2D eigenvalue weighted by Crippen LogP contribution is 2.37. The number of hydrogen-bond donors (Lipinski definition) is 0. The SMILES string of the molecule is CO[Si](C)(C)N1CCC2CCCCC2C1. The van der Waals surface area contributed by atoms with E-state index in [1.54, 1.807) is 0 Å². The zero-order chi connectivity index (χ0) is 10.9. The van der Waals surface area contributed by atoms with Crippen molar-refractivity contribution in [1.29, 1.82) is 0 Å². The Kier molecular flexibility index (Phi) is 3.53. The van der Waals surface area contributed by atoms with Gasteiger partial charge in [-0.25, -0.2) is 0 Å². The number of nitrogens with zero attached hydrogens (tertiary/aromatic N) is 1. The van der Waals surface area contributed by atoms with Crippen LogP contribution in [0.3, 0.4) is 0 Å². The molecule has 0 bridgehead atoms. The van der Waals surface area contributed by atoms with Gasteiger partial charge in [0.2, 0.25) is 0 Å². The predicted octanol–water partition coefficient (Wildman–Crippen LogP) is 2.85. The maximum Gasteiger partial charge on any atom is 0.264 e. The lowest BCUT2D eigenvalue weighted by molar-refractivity contribution is 0.117. The summed E-state index contributed by atoms with van der Waals surface area (Å²) in [5, 5.41) is 0. The van der Waals surface area contributed by atoms with E-state index >= 15 is 0 Å². The van der Waals surface area contributed by atoms with Crippen molar-refractivity contribution >= 4 is 8.48 Å². The van der Waals surface area contributed by atoms with Crippen LogP contribution in [0, 0.1) is 11.8 Å². The van der Waals surface area contributed by atoms with E-state index in [0.29, 0.717) is 0 Å². The summed E-state index contributed by atoms with van der Waals surface area (Å²) in [4.78, 5) is 0. The van der Waals surface area contributed by atoms with Gasteiger partial charge in [0.25, 0.3) is 8.48 Å². The molecular weight excluding hydrogens is 202 g/mol. The fourth-order valence-electron chi connectivity index (χ4n) is 3.22. The minimum atomic E-state index is -1.52. The molecule has 15 heavy (non-hydrogen) atoms. The molecule has 0 radical (unpaired) electrons. The molecule has 0 aromatic rings. The van der Waals surface area contributed by atoms with Crippen LogP contribution in [0.1, 0.15) is 32.1 Å². The molecule has 0 N–H and O–H groups in total. The molecule has 1 aliphatic heterocycles. The van der Waals surface area contributed by atoms with Gasteiger partial charge in [-0.1, -0.05) is 19.3 Å². The molecule has 0 spiro atoms. The van der Waals surface area contributed by atoms with Gasteiger partial charge in [0.05, 0.1) is 0 Å². The van der Waals surface area contributed by atoms with Gasteiger partial charge in [0, 0.05) is 7.11 Å².